The molecule has 1 amide bonds. The van der Waals surface area contributed by atoms with E-state index in [1.54, 1.807) is 43.3 Å². The number of hydrogen-bond donors (Lipinski definition) is 1. The summed E-state index contributed by atoms with van der Waals surface area (Å²) < 4.78 is 15.6. The number of hydrogen-bond acceptors (Lipinski definition) is 7. The second-order valence-corrected chi connectivity index (χ2v) is 7.74. The van der Waals surface area contributed by atoms with Crippen LogP contribution in [0.4, 0.5) is 0 Å². The molecule has 1 N–H and O–H groups in total. The fourth-order valence-electron chi connectivity index (χ4n) is 3.26. The smallest absolute Gasteiger partial charge is 0.338 e. The van der Waals surface area contributed by atoms with Crippen molar-refractivity contribution in [3.8, 4) is 5.75 Å². The van der Waals surface area contributed by atoms with E-state index in [0.717, 1.165) is 17.5 Å². The molecule has 0 bridgehead atoms. The third-order valence-corrected chi connectivity index (χ3v) is 4.94. The van der Waals surface area contributed by atoms with Gasteiger partial charge in [-0.05, 0) is 68.0 Å². The van der Waals surface area contributed by atoms with E-state index >= 15 is 0 Å². The van der Waals surface area contributed by atoms with Gasteiger partial charge in [0, 0.05) is 26.6 Å². The largest absolute Gasteiger partial charge is 0.462 e. The van der Waals surface area contributed by atoms with Gasteiger partial charge >= 0.3 is 11.9 Å². The maximum absolute atomic E-state index is 12.2. The van der Waals surface area contributed by atoms with E-state index < -0.39 is 0 Å². The Morgan fingerprint density at radius 3 is 2.21 bits per heavy atom. The number of hydroxylamine groups is 1. The minimum atomic E-state index is -0.382. The second-order valence-electron chi connectivity index (χ2n) is 7.74. The third-order valence-electron chi connectivity index (χ3n) is 4.94. The van der Waals surface area contributed by atoms with Gasteiger partial charge in [-0.3, -0.25) is 14.4 Å². The lowest BCUT2D eigenvalue weighted by atomic mass is 9.95. The van der Waals surface area contributed by atoms with Gasteiger partial charge in [-0.2, -0.15) is 0 Å². The van der Waals surface area contributed by atoms with Gasteiger partial charge in [0.15, 0.2) is 0 Å². The number of carbonyl (C=O) groups excluding carboxylic acids is 3. The molecule has 2 aromatic rings. The Balaban J connectivity index is 1.78. The van der Waals surface area contributed by atoms with Gasteiger partial charge in [0.25, 0.3) is 0 Å². The van der Waals surface area contributed by atoms with Crippen molar-refractivity contribution in [2.75, 3.05) is 19.8 Å². The topological polar surface area (TPSA) is 100 Å². The molecule has 0 radical (unpaired) electrons. The molecular weight excluding hydrogens is 438 g/mol. The van der Waals surface area contributed by atoms with E-state index in [2.05, 4.69) is 5.48 Å². The normalized spacial score (nSPS) is 11.5. The number of carbonyl (C=O) groups is 3. The van der Waals surface area contributed by atoms with Crippen LogP contribution in [-0.4, -0.2) is 37.7 Å². The molecule has 0 spiro atoms. The fourth-order valence-corrected chi connectivity index (χ4v) is 3.26. The highest BCUT2D eigenvalue weighted by molar-refractivity contribution is 5.89. The average molecular weight is 472 g/mol. The Morgan fingerprint density at radius 2 is 1.59 bits per heavy atom. The van der Waals surface area contributed by atoms with Crippen molar-refractivity contribution in [3.63, 3.8) is 0 Å². The number of amides is 1. The van der Waals surface area contributed by atoms with Crippen molar-refractivity contribution in [1.82, 2.24) is 5.48 Å². The van der Waals surface area contributed by atoms with Crippen molar-refractivity contribution in [3.05, 3.63) is 65.2 Å². The van der Waals surface area contributed by atoms with Crippen LogP contribution in [0.1, 0.15) is 55.1 Å². The van der Waals surface area contributed by atoms with E-state index in [1.807, 2.05) is 19.1 Å². The molecule has 0 saturated heterocycles. The summed E-state index contributed by atoms with van der Waals surface area (Å²) in [5.41, 5.74) is 4.88. The predicted octanol–water partition coefficient (Wildman–Crippen LogP) is 4.01. The van der Waals surface area contributed by atoms with Crippen molar-refractivity contribution < 1.29 is 33.4 Å². The molecule has 184 valence electrons. The molecule has 0 fully saturated rings. The van der Waals surface area contributed by atoms with Gasteiger partial charge in [-0.15, -0.1) is 0 Å². The molecule has 0 aromatic heterocycles. The molecule has 2 rings (SSSR count). The molecule has 0 aliphatic carbocycles. The summed E-state index contributed by atoms with van der Waals surface area (Å²) in [4.78, 5) is 40.3. The van der Waals surface area contributed by atoms with E-state index in [0.29, 0.717) is 44.0 Å². The SMILES string of the molecule is CCOCC(CCC(=O)NOCc1ccc(OC(C)=O)cc1)Cc1ccc(C(=O)OCC)cc1. The summed E-state index contributed by atoms with van der Waals surface area (Å²) in [5.74, 6) is -0.329. The van der Waals surface area contributed by atoms with Crippen LogP contribution in [0, 0.1) is 5.92 Å². The van der Waals surface area contributed by atoms with Crippen LogP contribution in [0.15, 0.2) is 48.5 Å². The van der Waals surface area contributed by atoms with E-state index in [4.69, 9.17) is 19.0 Å². The zero-order valence-corrected chi connectivity index (χ0v) is 20.0. The molecule has 0 aliphatic rings. The second kappa shape index (κ2) is 14.8. The minimum absolute atomic E-state index is 0.146. The summed E-state index contributed by atoms with van der Waals surface area (Å²) >= 11 is 0. The van der Waals surface area contributed by atoms with Crippen LogP contribution in [-0.2, 0) is 36.9 Å². The average Bonchev–Trinajstić information content (AvgIpc) is 2.82. The molecule has 0 aliphatic heterocycles. The minimum Gasteiger partial charge on any atom is -0.462 e. The Bertz CT molecular complexity index is 910. The standard InChI is InChI=1S/C26H33NO7/c1-4-31-17-22(16-20-6-11-23(12-7-20)26(30)32-5-2)10-15-25(29)27-33-18-21-8-13-24(14-9-21)34-19(3)28/h6-9,11-14,22H,4-5,10,15-18H2,1-3H3,(H,27,29). The molecule has 34 heavy (non-hydrogen) atoms. The lowest BCUT2D eigenvalue weighted by Crippen LogP contribution is -2.25. The first-order valence-electron chi connectivity index (χ1n) is 11.4. The van der Waals surface area contributed by atoms with E-state index in [-0.39, 0.29) is 30.4 Å². The zero-order valence-electron chi connectivity index (χ0n) is 20.0. The monoisotopic (exact) mass is 471 g/mol. The Morgan fingerprint density at radius 1 is 0.912 bits per heavy atom. The van der Waals surface area contributed by atoms with Crippen LogP contribution in [0.5, 0.6) is 5.75 Å². The Kier molecular flexibility index (Phi) is 11.8. The maximum Gasteiger partial charge on any atom is 0.338 e. The zero-order chi connectivity index (χ0) is 24.8. The molecule has 2 aromatic carbocycles. The maximum atomic E-state index is 12.2. The summed E-state index contributed by atoms with van der Waals surface area (Å²) in [6.45, 7) is 6.73. The molecule has 0 saturated carbocycles. The highest BCUT2D eigenvalue weighted by Gasteiger charge is 2.14. The molecule has 8 heteroatoms. The first-order chi connectivity index (χ1) is 16.4. The predicted molar refractivity (Wildman–Crippen MR) is 126 cm³/mol. The molecule has 8 nitrogen and oxygen atoms in total. The molecule has 1 atom stereocenters. The number of rotatable bonds is 14. The van der Waals surface area contributed by atoms with Crippen LogP contribution < -0.4 is 10.2 Å². The van der Waals surface area contributed by atoms with Gasteiger partial charge < -0.3 is 14.2 Å². The summed E-state index contributed by atoms with van der Waals surface area (Å²) in [5, 5.41) is 0. The van der Waals surface area contributed by atoms with Crippen LogP contribution in [0.25, 0.3) is 0 Å². The third kappa shape index (κ3) is 10.1. The van der Waals surface area contributed by atoms with Crippen LogP contribution in [0.2, 0.25) is 0 Å². The first-order valence-corrected chi connectivity index (χ1v) is 11.4. The quantitative estimate of drug-likeness (QED) is 0.252. The first kappa shape index (κ1) is 27.0. The van der Waals surface area contributed by atoms with Gasteiger partial charge in [-0.25, -0.2) is 10.3 Å². The highest BCUT2D eigenvalue weighted by atomic mass is 16.6. The number of ether oxygens (including phenoxy) is 3. The van der Waals surface area contributed by atoms with Crippen molar-refractivity contribution in [1.29, 1.82) is 0 Å². The lowest BCUT2D eigenvalue weighted by molar-refractivity contribution is -0.135. The Labute approximate surface area is 200 Å². The molecule has 1 unspecified atom stereocenters. The summed E-state index contributed by atoms with van der Waals surface area (Å²) in [6, 6.07) is 14.2. The van der Waals surface area contributed by atoms with Crippen LogP contribution >= 0.6 is 0 Å². The number of benzene rings is 2. The van der Waals surface area contributed by atoms with Gasteiger partial charge in [0.1, 0.15) is 5.75 Å². The number of nitrogens with one attached hydrogen (secondary N) is 1. The van der Waals surface area contributed by atoms with Crippen molar-refractivity contribution >= 4 is 17.8 Å². The molecular formula is C26H33NO7. The molecule has 0 heterocycles. The van der Waals surface area contributed by atoms with Crippen molar-refractivity contribution in [2.45, 2.75) is 46.6 Å². The Hall–Kier alpha value is -3.23. The van der Waals surface area contributed by atoms with Crippen LogP contribution in [0.3, 0.4) is 0 Å². The van der Waals surface area contributed by atoms with Gasteiger partial charge in [-0.1, -0.05) is 24.3 Å². The van der Waals surface area contributed by atoms with E-state index in [9.17, 15) is 14.4 Å². The summed E-state index contributed by atoms with van der Waals surface area (Å²) in [6.07, 6.45) is 1.65. The van der Waals surface area contributed by atoms with Gasteiger partial charge in [0.2, 0.25) is 5.91 Å². The number of esters is 2. The van der Waals surface area contributed by atoms with Crippen molar-refractivity contribution in [2.24, 2.45) is 5.92 Å². The van der Waals surface area contributed by atoms with E-state index in [1.165, 1.54) is 6.92 Å². The van der Waals surface area contributed by atoms with Gasteiger partial charge in [0.05, 0.1) is 18.8 Å². The highest BCUT2D eigenvalue weighted by Crippen LogP contribution is 2.17. The summed E-state index contributed by atoms with van der Waals surface area (Å²) in [7, 11) is 0. The lowest BCUT2D eigenvalue weighted by Gasteiger charge is -2.17. The fraction of sp³-hybridized carbons (Fsp3) is 0.423.